The van der Waals surface area contributed by atoms with Gasteiger partial charge in [-0.05, 0) is 43.2 Å². The Morgan fingerprint density at radius 1 is 1.11 bits per heavy atom. The molecule has 0 fully saturated rings. The maximum absolute atomic E-state index is 6.03. The van der Waals surface area contributed by atoms with Crippen LogP contribution in [0.4, 0.5) is 0 Å². The zero-order valence-corrected chi connectivity index (χ0v) is 18.3. The molecule has 0 amide bonds. The van der Waals surface area contributed by atoms with Gasteiger partial charge in [0.15, 0.2) is 11.6 Å². The van der Waals surface area contributed by atoms with Gasteiger partial charge < -0.3 is 10.6 Å². The van der Waals surface area contributed by atoms with Crippen molar-refractivity contribution < 1.29 is 0 Å². The molecule has 6 nitrogen and oxygen atoms in total. The Kier molecular flexibility index (Phi) is 8.80. The standard InChI is InChI=1S/C19H23ClN6.HI/c1-2-21-19(22-11-9-15-6-5-7-16(20)14-15)23-12-10-18-25-24-17-8-3-4-13-26(17)18;/h3-8,13-14H,2,9-12H2,1H3,(H2,21,22,23);1H. The van der Waals surface area contributed by atoms with E-state index in [1.54, 1.807) is 0 Å². The van der Waals surface area contributed by atoms with Gasteiger partial charge >= 0.3 is 0 Å². The maximum Gasteiger partial charge on any atom is 0.191 e. The van der Waals surface area contributed by atoms with Gasteiger partial charge in [-0.15, -0.1) is 34.2 Å². The summed E-state index contributed by atoms with van der Waals surface area (Å²) in [4.78, 5) is 4.63. The topological polar surface area (TPSA) is 66.6 Å². The molecule has 0 radical (unpaired) electrons. The molecular weight excluding hydrogens is 475 g/mol. The van der Waals surface area contributed by atoms with E-state index in [4.69, 9.17) is 11.6 Å². The number of nitrogens with one attached hydrogen (secondary N) is 2. The van der Waals surface area contributed by atoms with Crippen molar-refractivity contribution in [1.29, 1.82) is 0 Å². The van der Waals surface area contributed by atoms with Crippen LogP contribution in [0.3, 0.4) is 0 Å². The van der Waals surface area contributed by atoms with Gasteiger partial charge in [0.25, 0.3) is 0 Å². The molecule has 0 aliphatic rings. The number of guanidine groups is 1. The van der Waals surface area contributed by atoms with Gasteiger partial charge in [0.05, 0.1) is 0 Å². The van der Waals surface area contributed by atoms with Crippen LogP contribution in [0.25, 0.3) is 5.65 Å². The summed E-state index contributed by atoms with van der Waals surface area (Å²) in [6.45, 7) is 4.30. The highest BCUT2D eigenvalue weighted by Crippen LogP contribution is 2.10. The second-order valence-electron chi connectivity index (χ2n) is 5.86. The molecule has 27 heavy (non-hydrogen) atoms. The van der Waals surface area contributed by atoms with Gasteiger partial charge in [-0.1, -0.05) is 29.8 Å². The molecule has 144 valence electrons. The third-order valence-electron chi connectivity index (χ3n) is 3.93. The van der Waals surface area contributed by atoms with Crippen molar-refractivity contribution in [2.24, 2.45) is 4.99 Å². The minimum Gasteiger partial charge on any atom is -0.357 e. The number of aromatic nitrogens is 3. The number of fused-ring (bicyclic) bond motifs is 1. The molecule has 2 aromatic heterocycles. The Bertz CT molecular complexity index is 879. The van der Waals surface area contributed by atoms with E-state index < -0.39 is 0 Å². The van der Waals surface area contributed by atoms with Gasteiger partial charge in [-0.2, -0.15) is 0 Å². The smallest absolute Gasteiger partial charge is 0.191 e. The van der Waals surface area contributed by atoms with Gasteiger partial charge in [0.1, 0.15) is 5.82 Å². The molecule has 0 saturated carbocycles. The molecule has 0 spiro atoms. The number of nitrogens with zero attached hydrogens (tertiary/aromatic N) is 4. The third-order valence-corrected chi connectivity index (χ3v) is 4.16. The predicted octanol–water partition coefficient (Wildman–Crippen LogP) is 3.34. The van der Waals surface area contributed by atoms with Crippen molar-refractivity contribution >= 4 is 47.2 Å². The normalized spacial score (nSPS) is 11.3. The molecule has 0 bridgehead atoms. The zero-order chi connectivity index (χ0) is 18.2. The van der Waals surface area contributed by atoms with E-state index in [0.717, 1.165) is 48.4 Å². The number of benzene rings is 1. The fourth-order valence-electron chi connectivity index (χ4n) is 2.69. The number of aliphatic imine (C=N–C) groups is 1. The number of hydrogen-bond donors (Lipinski definition) is 2. The zero-order valence-electron chi connectivity index (χ0n) is 15.2. The SMILES string of the molecule is CCNC(=NCCc1nnc2ccccn12)NCCc1cccc(Cl)c1.I. The molecule has 0 aliphatic heterocycles. The molecule has 0 saturated heterocycles. The molecule has 3 rings (SSSR count). The first-order valence-electron chi connectivity index (χ1n) is 8.81. The Labute approximate surface area is 181 Å². The molecular formula is C19H24ClIN6. The number of pyridine rings is 1. The average Bonchev–Trinajstić information content (AvgIpc) is 3.05. The van der Waals surface area contributed by atoms with Gasteiger partial charge in [-0.25, -0.2) is 0 Å². The Balaban J connectivity index is 0.00000261. The Morgan fingerprint density at radius 3 is 2.81 bits per heavy atom. The van der Waals surface area contributed by atoms with Crippen LogP contribution in [0, 0.1) is 0 Å². The first-order chi connectivity index (χ1) is 12.8. The van der Waals surface area contributed by atoms with Crippen LogP contribution in [0.5, 0.6) is 0 Å². The number of halogens is 2. The summed E-state index contributed by atoms with van der Waals surface area (Å²) in [5.74, 6) is 1.72. The molecule has 2 N–H and O–H groups in total. The summed E-state index contributed by atoms with van der Waals surface area (Å²) in [5, 5.41) is 15.8. The average molecular weight is 499 g/mol. The second-order valence-corrected chi connectivity index (χ2v) is 6.30. The van der Waals surface area contributed by atoms with Crippen LogP contribution in [-0.2, 0) is 12.8 Å². The van der Waals surface area contributed by atoms with Crippen molar-refractivity contribution in [1.82, 2.24) is 25.2 Å². The van der Waals surface area contributed by atoms with Crippen molar-refractivity contribution in [3.63, 3.8) is 0 Å². The lowest BCUT2D eigenvalue weighted by molar-refractivity contribution is 0.785. The Hall–Kier alpha value is -1.87. The molecule has 3 aromatic rings. The van der Waals surface area contributed by atoms with E-state index >= 15 is 0 Å². The van der Waals surface area contributed by atoms with E-state index in [-0.39, 0.29) is 24.0 Å². The van der Waals surface area contributed by atoms with Crippen LogP contribution in [0.1, 0.15) is 18.3 Å². The molecule has 0 unspecified atom stereocenters. The van der Waals surface area contributed by atoms with Crippen molar-refractivity contribution in [2.75, 3.05) is 19.6 Å². The van der Waals surface area contributed by atoms with Gasteiger partial charge in [0, 0.05) is 37.3 Å². The summed E-state index contributed by atoms with van der Waals surface area (Å²) in [6.07, 6.45) is 3.60. The largest absolute Gasteiger partial charge is 0.357 e. The van der Waals surface area contributed by atoms with E-state index in [1.165, 1.54) is 5.56 Å². The minimum absolute atomic E-state index is 0. The predicted molar refractivity (Wildman–Crippen MR) is 121 cm³/mol. The molecule has 1 aromatic carbocycles. The summed E-state index contributed by atoms with van der Waals surface area (Å²) in [5.41, 5.74) is 2.06. The monoisotopic (exact) mass is 498 g/mol. The third kappa shape index (κ3) is 6.35. The molecule has 8 heteroatoms. The lowest BCUT2D eigenvalue weighted by atomic mass is 10.1. The van der Waals surface area contributed by atoms with Crippen LogP contribution in [-0.4, -0.2) is 40.2 Å². The van der Waals surface area contributed by atoms with Crippen LogP contribution >= 0.6 is 35.6 Å². The van der Waals surface area contributed by atoms with Crippen molar-refractivity contribution in [2.45, 2.75) is 19.8 Å². The van der Waals surface area contributed by atoms with E-state index in [0.29, 0.717) is 6.54 Å². The highest BCUT2D eigenvalue weighted by molar-refractivity contribution is 14.0. The fraction of sp³-hybridized carbons (Fsp3) is 0.316. The van der Waals surface area contributed by atoms with Crippen LogP contribution < -0.4 is 10.6 Å². The Morgan fingerprint density at radius 2 is 2.00 bits per heavy atom. The van der Waals surface area contributed by atoms with Crippen molar-refractivity contribution in [3.8, 4) is 0 Å². The summed E-state index contributed by atoms with van der Waals surface area (Å²) < 4.78 is 2.00. The van der Waals surface area contributed by atoms with E-state index in [2.05, 4.69) is 38.8 Å². The van der Waals surface area contributed by atoms with E-state index in [9.17, 15) is 0 Å². The molecule has 0 atom stereocenters. The van der Waals surface area contributed by atoms with Gasteiger partial charge in [-0.3, -0.25) is 9.39 Å². The summed E-state index contributed by atoms with van der Waals surface area (Å²) in [7, 11) is 0. The minimum atomic E-state index is 0. The van der Waals surface area contributed by atoms with Crippen LogP contribution in [0.15, 0.2) is 53.7 Å². The lowest BCUT2D eigenvalue weighted by Gasteiger charge is -2.11. The van der Waals surface area contributed by atoms with Crippen LogP contribution in [0.2, 0.25) is 5.02 Å². The molecule has 2 heterocycles. The first-order valence-corrected chi connectivity index (χ1v) is 9.19. The summed E-state index contributed by atoms with van der Waals surface area (Å²) >= 11 is 6.03. The summed E-state index contributed by atoms with van der Waals surface area (Å²) in [6, 6.07) is 13.8. The molecule has 0 aliphatic carbocycles. The number of hydrogen-bond acceptors (Lipinski definition) is 3. The van der Waals surface area contributed by atoms with Crippen molar-refractivity contribution in [3.05, 3.63) is 65.1 Å². The highest BCUT2D eigenvalue weighted by Gasteiger charge is 2.04. The number of rotatable bonds is 7. The maximum atomic E-state index is 6.03. The first kappa shape index (κ1) is 21.4. The second kappa shape index (κ2) is 11.1. The fourth-order valence-corrected chi connectivity index (χ4v) is 2.90. The quantitative estimate of drug-likeness (QED) is 0.298. The van der Waals surface area contributed by atoms with E-state index in [1.807, 2.05) is 47.0 Å². The van der Waals surface area contributed by atoms with Gasteiger partial charge in [0.2, 0.25) is 0 Å². The lowest BCUT2D eigenvalue weighted by Crippen LogP contribution is -2.38. The highest BCUT2D eigenvalue weighted by atomic mass is 127.